The minimum absolute atomic E-state index is 0.0251. The van der Waals surface area contributed by atoms with Gasteiger partial charge >= 0.3 is 0 Å². The van der Waals surface area contributed by atoms with Crippen molar-refractivity contribution in [2.24, 2.45) is 0 Å². The zero-order valence-corrected chi connectivity index (χ0v) is 17.7. The lowest BCUT2D eigenvalue weighted by Crippen LogP contribution is -2.50. The summed E-state index contributed by atoms with van der Waals surface area (Å²) < 4.78 is 5.20. The quantitative estimate of drug-likeness (QED) is 0.698. The summed E-state index contributed by atoms with van der Waals surface area (Å²) in [6, 6.07) is 15.7. The van der Waals surface area contributed by atoms with Crippen LogP contribution < -0.4 is 20.3 Å². The summed E-state index contributed by atoms with van der Waals surface area (Å²) in [5, 5.41) is 5.59. The van der Waals surface area contributed by atoms with Crippen LogP contribution in [0.5, 0.6) is 5.75 Å². The summed E-state index contributed by atoms with van der Waals surface area (Å²) in [6.07, 6.45) is 0.839. The predicted octanol–water partition coefficient (Wildman–Crippen LogP) is 2.13. The Labute approximate surface area is 178 Å². The molecule has 1 aliphatic heterocycles. The molecule has 0 bridgehead atoms. The van der Waals surface area contributed by atoms with Crippen molar-refractivity contribution in [1.29, 1.82) is 0 Å². The van der Waals surface area contributed by atoms with E-state index in [2.05, 4.69) is 32.6 Å². The first kappa shape index (κ1) is 21.6. The van der Waals surface area contributed by atoms with E-state index in [1.807, 2.05) is 43.3 Å². The monoisotopic (exact) mass is 410 g/mol. The number of nitrogens with zero attached hydrogens (tertiary/aromatic N) is 2. The maximum absolute atomic E-state index is 12.3. The van der Waals surface area contributed by atoms with Crippen LogP contribution in [0.4, 0.5) is 11.4 Å². The van der Waals surface area contributed by atoms with Crippen LogP contribution in [-0.4, -0.2) is 63.1 Å². The molecule has 1 heterocycles. The smallest absolute Gasteiger partial charge is 0.243 e. The van der Waals surface area contributed by atoms with Crippen LogP contribution in [0.25, 0.3) is 0 Å². The van der Waals surface area contributed by atoms with Gasteiger partial charge < -0.3 is 20.3 Å². The Morgan fingerprint density at radius 1 is 0.967 bits per heavy atom. The van der Waals surface area contributed by atoms with Crippen molar-refractivity contribution < 1.29 is 14.3 Å². The number of hydrogen-bond donors (Lipinski definition) is 2. The van der Waals surface area contributed by atoms with E-state index >= 15 is 0 Å². The molecule has 160 valence electrons. The molecule has 0 aliphatic carbocycles. The lowest BCUT2D eigenvalue weighted by atomic mass is 10.1. The second kappa shape index (κ2) is 10.6. The van der Waals surface area contributed by atoms with Gasteiger partial charge in [0.05, 0.1) is 20.2 Å². The van der Waals surface area contributed by atoms with E-state index in [-0.39, 0.29) is 18.4 Å². The molecule has 0 saturated carbocycles. The summed E-state index contributed by atoms with van der Waals surface area (Å²) >= 11 is 0. The van der Waals surface area contributed by atoms with Crippen molar-refractivity contribution in [3.63, 3.8) is 0 Å². The second-order valence-electron chi connectivity index (χ2n) is 7.30. The van der Waals surface area contributed by atoms with E-state index in [1.54, 1.807) is 7.11 Å². The first-order chi connectivity index (χ1) is 14.6. The Bertz CT molecular complexity index is 846. The number of methoxy groups -OCH3 is 1. The third-order valence-electron chi connectivity index (χ3n) is 5.30. The molecule has 7 nitrogen and oxygen atoms in total. The van der Waals surface area contributed by atoms with Gasteiger partial charge in [0, 0.05) is 37.6 Å². The zero-order chi connectivity index (χ0) is 21.3. The molecule has 3 rings (SSSR count). The molecule has 2 aromatic rings. The number of carbonyl (C=O) groups is 2. The highest BCUT2D eigenvalue weighted by Gasteiger charge is 2.19. The standard InChI is InChI=1S/C23H30N4O3/c1-3-18-6-4-5-7-21(18)25-22(28)16-24-23(29)17-26-12-14-27(15-13-26)19-8-10-20(30-2)11-9-19/h4-11H,3,12-17H2,1-2H3,(H,24,29)(H,25,28). The normalized spacial score (nSPS) is 14.3. The number of nitrogens with one attached hydrogen (secondary N) is 2. The highest BCUT2D eigenvalue weighted by Crippen LogP contribution is 2.20. The van der Waals surface area contributed by atoms with E-state index in [0.29, 0.717) is 6.54 Å². The maximum atomic E-state index is 12.3. The Kier molecular flexibility index (Phi) is 7.68. The van der Waals surface area contributed by atoms with Crippen molar-refractivity contribution in [2.75, 3.05) is 56.6 Å². The lowest BCUT2D eigenvalue weighted by Gasteiger charge is -2.35. The van der Waals surface area contributed by atoms with Crippen molar-refractivity contribution in [3.05, 3.63) is 54.1 Å². The number of piperazine rings is 1. The summed E-state index contributed by atoms with van der Waals surface area (Å²) in [5.41, 5.74) is 3.03. The van der Waals surface area contributed by atoms with Crippen molar-refractivity contribution >= 4 is 23.2 Å². The summed E-state index contributed by atoms with van der Waals surface area (Å²) in [4.78, 5) is 28.8. The average Bonchev–Trinajstić information content (AvgIpc) is 2.79. The number of ether oxygens (including phenoxy) is 1. The Hall–Kier alpha value is -3.06. The van der Waals surface area contributed by atoms with Crippen LogP contribution in [0.3, 0.4) is 0 Å². The molecule has 30 heavy (non-hydrogen) atoms. The fourth-order valence-electron chi connectivity index (χ4n) is 3.54. The van der Waals surface area contributed by atoms with E-state index < -0.39 is 0 Å². The number of aryl methyl sites for hydroxylation is 1. The van der Waals surface area contributed by atoms with Crippen LogP contribution in [-0.2, 0) is 16.0 Å². The minimum atomic E-state index is -0.214. The van der Waals surface area contributed by atoms with E-state index in [1.165, 1.54) is 0 Å². The predicted molar refractivity (Wildman–Crippen MR) is 119 cm³/mol. The molecule has 1 saturated heterocycles. The summed E-state index contributed by atoms with van der Waals surface area (Å²) in [6.45, 7) is 5.63. The first-order valence-corrected chi connectivity index (χ1v) is 10.3. The fraction of sp³-hybridized carbons (Fsp3) is 0.391. The fourth-order valence-corrected chi connectivity index (χ4v) is 3.54. The van der Waals surface area contributed by atoms with Gasteiger partial charge in [0.1, 0.15) is 5.75 Å². The van der Waals surface area contributed by atoms with Crippen LogP contribution in [0.15, 0.2) is 48.5 Å². The average molecular weight is 411 g/mol. The molecular weight excluding hydrogens is 380 g/mol. The third-order valence-corrected chi connectivity index (χ3v) is 5.30. The van der Waals surface area contributed by atoms with Gasteiger partial charge in [0.2, 0.25) is 11.8 Å². The molecule has 0 spiro atoms. The van der Waals surface area contributed by atoms with Gasteiger partial charge in [-0.1, -0.05) is 25.1 Å². The van der Waals surface area contributed by atoms with Gasteiger partial charge in [-0.25, -0.2) is 0 Å². The van der Waals surface area contributed by atoms with Crippen LogP contribution in [0.1, 0.15) is 12.5 Å². The maximum Gasteiger partial charge on any atom is 0.243 e. The van der Waals surface area contributed by atoms with E-state index in [4.69, 9.17) is 4.74 Å². The third kappa shape index (κ3) is 5.97. The topological polar surface area (TPSA) is 73.9 Å². The van der Waals surface area contributed by atoms with Crippen molar-refractivity contribution in [3.8, 4) is 5.75 Å². The number of para-hydroxylation sites is 1. The minimum Gasteiger partial charge on any atom is -0.497 e. The molecular formula is C23H30N4O3. The molecule has 7 heteroatoms. The van der Waals surface area contributed by atoms with Gasteiger partial charge in [-0.15, -0.1) is 0 Å². The highest BCUT2D eigenvalue weighted by molar-refractivity contribution is 5.95. The van der Waals surface area contributed by atoms with Crippen LogP contribution >= 0.6 is 0 Å². The second-order valence-corrected chi connectivity index (χ2v) is 7.30. The number of carbonyl (C=O) groups excluding carboxylic acids is 2. The molecule has 2 aromatic carbocycles. The molecule has 1 fully saturated rings. The largest absolute Gasteiger partial charge is 0.497 e. The number of anilines is 2. The Balaban J connectivity index is 1.38. The summed E-state index contributed by atoms with van der Waals surface area (Å²) in [5.74, 6) is 0.497. The molecule has 1 aliphatic rings. The van der Waals surface area contributed by atoms with E-state index in [9.17, 15) is 9.59 Å². The molecule has 2 N–H and O–H groups in total. The molecule has 0 aromatic heterocycles. The van der Waals surface area contributed by atoms with Gasteiger partial charge in [0.25, 0.3) is 0 Å². The van der Waals surface area contributed by atoms with Crippen molar-refractivity contribution in [1.82, 2.24) is 10.2 Å². The number of benzene rings is 2. The Morgan fingerprint density at radius 3 is 2.33 bits per heavy atom. The zero-order valence-electron chi connectivity index (χ0n) is 17.7. The molecule has 0 unspecified atom stereocenters. The van der Waals surface area contributed by atoms with Gasteiger partial charge in [-0.2, -0.15) is 0 Å². The first-order valence-electron chi connectivity index (χ1n) is 10.3. The highest BCUT2D eigenvalue weighted by atomic mass is 16.5. The molecule has 0 atom stereocenters. The van der Waals surface area contributed by atoms with Gasteiger partial charge in [0.15, 0.2) is 0 Å². The molecule has 2 amide bonds. The van der Waals surface area contributed by atoms with E-state index in [0.717, 1.165) is 55.3 Å². The van der Waals surface area contributed by atoms with Crippen LogP contribution in [0, 0.1) is 0 Å². The SMILES string of the molecule is CCc1ccccc1NC(=O)CNC(=O)CN1CCN(c2ccc(OC)cc2)CC1. The number of rotatable bonds is 8. The van der Waals surface area contributed by atoms with Gasteiger partial charge in [-0.05, 0) is 42.3 Å². The van der Waals surface area contributed by atoms with Crippen LogP contribution in [0.2, 0.25) is 0 Å². The lowest BCUT2D eigenvalue weighted by molar-refractivity contribution is -0.125. The number of amides is 2. The van der Waals surface area contributed by atoms with Crippen molar-refractivity contribution in [2.45, 2.75) is 13.3 Å². The number of hydrogen-bond acceptors (Lipinski definition) is 5. The molecule has 0 radical (unpaired) electrons. The Morgan fingerprint density at radius 2 is 1.67 bits per heavy atom. The summed E-state index contributed by atoms with van der Waals surface area (Å²) in [7, 11) is 1.66. The van der Waals surface area contributed by atoms with Gasteiger partial charge in [-0.3, -0.25) is 14.5 Å².